The van der Waals surface area contributed by atoms with Crippen LogP contribution in [0.25, 0.3) is 0 Å². The Hall–Kier alpha value is -2.18. The molecule has 1 amide bonds. The van der Waals surface area contributed by atoms with Crippen molar-refractivity contribution >= 4 is 5.91 Å². The Morgan fingerprint density at radius 3 is 2.71 bits per heavy atom. The number of amides is 1. The van der Waals surface area contributed by atoms with Crippen LogP contribution in [0.1, 0.15) is 62.7 Å². The highest BCUT2D eigenvalue weighted by atomic mass is 16.2. The lowest BCUT2D eigenvalue weighted by molar-refractivity contribution is -0.131. The number of aromatic nitrogens is 5. The van der Waals surface area contributed by atoms with Crippen LogP contribution in [0.15, 0.2) is 12.4 Å². The van der Waals surface area contributed by atoms with Crippen molar-refractivity contribution in [3.63, 3.8) is 0 Å². The molecular weight excluding hydrogens is 352 g/mol. The van der Waals surface area contributed by atoms with Gasteiger partial charge in [-0.3, -0.25) is 9.48 Å². The highest BCUT2D eigenvalue weighted by Crippen LogP contribution is 2.55. The van der Waals surface area contributed by atoms with Gasteiger partial charge < -0.3 is 9.47 Å². The quantitative estimate of drug-likeness (QED) is 0.768. The van der Waals surface area contributed by atoms with Crippen LogP contribution in [0.5, 0.6) is 0 Å². The van der Waals surface area contributed by atoms with Crippen molar-refractivity contribution < 1.29 is 4.79 Å². The average molecular weight is 385 g/mol. The molecule has 1 aliphatic carbocycles. The van der Waals surface area contributed by atoms with Crippen molar-refractivity contribution in [2.24, 2.45) is 11.3 Å². The molecule has 2 aromatic heterocycles. The van der Waals surface area contributed by atoms with Crippen LogP contribution in [-0.4, -0.2) is 48.4 Å². The molecule has 7 heteroatoms. The van der Waals surface area contributed by atoms with Gasteiger partial charge in [-0.15, -0.1) is 10.2 Å². The maximum absolute atomic E-state index is 13.0. The van der Waals surface area contributed by atoms with Crippen molar-refractivity contribution in [3.8, 4) is 0 Å². The van der Waals surface area contributed by atoms with Gasteiger partial charge >= 0.3 is 0 Å². The number of rotatable bonds is 6. The zero-order valence-electron chi connectivity index (χ0n) is 17.6. The van der Waals surface area contributed by atoms with Crippen molar-refractivity contribution in [2.75, 3.05) is 13.1 Å². The molecule has 0 aromatic carbocycles. The summed E-state index contributed by atoms with van der Waals surface area (Å²) in [6, 6.07) is 2.06. The molecule has 2 fully saturated rings. The van der Waals surface area contributed by atoms with Crippen molar-refractivity contribution in [2.45, 2.75) is 72.4 Å². The van der Waals surface area contributed by atoms with E-state index >= 15 is 0 Å². The van der Waals surface area contributed by atoms with E-state index in [0.29, 0.717) is 24.8 Å². The Kier molecular flexibility index (Phi) is 5.02. The van der Waals surface area contributed by atoms with Gasteiger partial charge in [0.25, 0.3) is 0 Å². The Balaban J connectivity index is 1.46. The standard InChI is InChI=1S/C21H32N6O/c1-15(2)11-26-14-22-23-20(26)18-12-25(13-21(18)7-5-8-21)19(28)6-9-27-17(4)10-16(3)24-27/h10,14-15,18H,5-9,11-13H2,1-4H3. The van der Waals surface area contributed by atoms with Crippen LogP contribution >= 0.6 is 0 Å². The summed E-state index contributed by atoms with van der Waals surface area (Å²) in [5.41, 5.74) is 2.32. The zero-order chi connectivity index (χ0) is 19.9. The third-order valence-corrected chi connectivity index (χ3v) is 6.51. The fraction of sp³-hybridized carbons (Fsp3) is 0.714. The first kappa shape index (κ1) is 19.2. The van der Waals surface area contributed by atoms with E-state index in [0.717, 1.165) is 36.8 Å². The summed E-state index contributed by atoms with van der Waals surface area (Å²) >= 11 is 0. The van der Waals surface area contributed by atoms with Crippen LogP contribution in [0, 0.1) is 25.2 Å². The summed E-state index contributed by atoms with van der Waals surface area (Å²) in [4.78, 5) is 15.1. The summed E-state index contributed by atoms with van der Waals surface area (Å²) in [5.74, 6) is 2.16. The first-order chi connectivity index (χ1) is 13.4. The number of likely N-dealkylation sites (tertiary alicyclic amines) is 1. The van der Waals surface area contributed by atoms with Crippen LogP contribution in [0.2, 0.25) is 0 Å². The molecule has 3 heterocycles. The van der Waals surface area contributed by atoms with Crippen LogP contribution in [-0.2, 0) is 17.9 Å². The predicted molar refractivity (Wildman–Crippen MR) is 107 cm³/mol. The van der Waals surface area contributed by atoms with Gasteiger partial charge in [-0.2, -0.15) is 5.10 Å². The molecule has 0 bridgehead atoms. The number of hydrogen-bond donors (Lipinski definition) is 0. The number of nitrogens with zero attached hydrogens (tertiary/aromatic N) is 6. The molecule has 152 valence electrons. The maximum Gasteiger partial charge on any atom is 0.224 e. The third-order valence-electron chi connectivity index (χ3n) is 6.51. The van der Waals surface area contributed by atoms with Gasteiger partial charge in [0, 0.05) is 44.2 Å². The van der Waals surface area contributed by atoms with E-state index in [2.05, 4.69) is 44.7 Å². The largest absolute Gasteiger partial charge is 0.341 e. The van der Waals surface area contributed by atoms with Gasteiger partial charge in [-0.05, 0) is 44.1 Å². The Bertz CT molecular complexity index is 847. The summed E-state index contributed by atoms with van der Waals surface area (Å²) in [5, 5.41) is 13.2. The molecule has 2 aliphatic rings. The molecule has 1 unspecified atom stereocenters. The molecule has 0 N–H and O–H groups in total. The van der Waals surface area contributed by atoms with E-state index in [1.807, 2.05) is 24.9 Å². The minimum Gasteiger partial charge on any atom is -0.341 e. The van der Waals surface area contributed by atoms with Crippen molar-refractivity contribution in [1.29, 1.82) is 0 Å². The van der Waals surface area contributed by atoms with E-state index in [1.165, 1.54) is 19.3 Å². The fourth-order valence-corrected chi connectivity index (χ4v) is 4.98. The molecule has 7 nitrogen and oxygen atoms in total. The molecule has 0 radical (unpaired) electrons. The molecule has 28 heavy (non-hydrogen) atoms. The number of aryl methyl sites for hydroxylation is 3. The van der Waals surface area contributed by atoms with Crippen LogP contribution < -0.4 is 0 Å². The lowest BCUT2D eigenvalue weighted by atomic mass is 9.62. The number of carbonyl (C=O) groups excluding carboxylic acids is 1. The average Bonchev–Trinajstić information content (AvgIpc) is 3.28. The van der Waals surface area contributed by atoms with E-state index in [-0.39, 0.29) is 11.3 Å². The van der Waals surface area contributed by atoms with Crippen molar-refractivity contribution in [3.05, 3.63) is 29.6 Å². The van der Waals surface area contributed by atoms with Crippen LogP contribution in [0.3, 0.4) is 0 Å². The monoisotopic (exact) mass is 384 g/mol. The lowest BCUT2D eigenvalue weighted by Gasteiger charge is -2.42. The minimum atomic E-state index is 0.204. The first-order valence-corrected chi connectivity index (χ1v) is 10.5. The summed E-state index contributed by atoms with van der Waals surface area (Å²) in [7, 11) is 0. The van der Waals surface area contributed by atoms with Gasteiger partial charge in [0.1, 0.15) is 12.2 Å². The zero-order valence-corrected chi connectivity index (χ0v) is 17.6. The molecule has 1 atom stereocenters. The third kappa shape index (κ3) is 3.47. The smallest absolute Gasteiger partial charge is 0.224 e. The Labute approximate surface area is 167 Å². The maximum atomic E-state index is 13.0. The molecule has 1 saturated carbocycles. The number of carbonyl (C=O) groups is 1. The molecular formula is C21H32N6O. The summed E-state index contributed by atoms with van der Waals surface area (Å²) < 4.78 is 4.15. The van der Waals surface area contributed by atoms with E-state index < -0.39 is 0 Å². The topological polar surface area (TPSA) is 68.8 Å². The predicted octanol–water partition coefficient (Wildman–Crippen LogP) is 2.93. The molecule has 4 rings (SSSR count). The van der Waals surface area contributed by atoms with Crippen molar-refractivity contribution in [1.82, 2.24) is 29.4 Å². The second-order valence-corrected chi connectivity index (χ2v) is 9.18. The SMILES string of the molecule is Cc1cc(C)n(CCC(=O)N2CC(c3nncn3CC(C)C)C3(CCC3)C2)n1. The molecule has 1 saturated heterocycles. The van der Waals surface area contributed by atoms with Gasteiger partial charge in [0.05, 0.1) is 5.69 Å². The van der Waals surface area contributed by atoms with E-state index in [9.17, 15) is 4.79 Å². The second kappa shape index (κ2) is 7.33. The Morgan fingerprint density at radius 1 is 1.32 bits per heavy atom. The number of hydrogen-bond acceptors (Lipinski definition) is 4. The summed E-state index contributed by atoms with van der Waals surface area (Å²) in [6.45, 7) is 11.7. The Morgan fingerprint density at radius 2 is 2.11 bits per heavy atom. The lowest BCUT2D eigenvalue weighted by Crippen LogP contribution is -2.38. The normalized spacial score (nSPS) is 20.9. The second-order valence-electron chi connectivity index (χ2n) is 9.18. The van der Waals surface area contributed by atoms with Gasteiger partial charge in [0.15, 0.2) is 0 Å². The highest BCUT2D eigenvalue weighted by molar-refractivity contribution is 5.76. The van der Waals surface area contributed by atoms with E-state index in [4.69, 9.17) is 0 Å². The fourth-order valence-electron chi connectivity index (χ4n) is 4.98. The van der Waals surface area contributed by atoms with Gasteiger partial charge in [-0.1, -0.05) is 20.3 Å². The van der Waals surface area contributed by atoms with Gasteiger partial charge in [0.2, 0.25) is 5.91 Å². The van der Waals surface area contributed by atoms with Gasteiger partial charge in [-0.25, -0.2) is 0 Å². The molecule has 1 aliphatic heterocycles. The summed E-state index contributed by atoms with van der Waals surface area (Å²) in [6.07, 6.45) is 5.99. The van der Waals surface area contributed by atoms with Crippen LogP contribution in [0.4, 0.5) is 0 Å². The molecule has 1 spiro atoms. The highest BCUT2D eigenvalue weighted by Gasteiger charge is 2.53. The molecule has 2 aromatic rings. The first-order valence-electron chi connectivity index (χ1n) is 10.5. The minimum absolute atomic E-state index is 0.204. The van der Waals surface area contributed by atoms with E-state index in [1.54, 1.807) is 0 Å².